The maximum absolute atomic E-state index is 12.5. The molecule has 24 heavy (non-hydrogen) atoms. The maximum Gasteiger partial charge on any atom is 0.347 e. The third kappa shape index (κ3) is 3.08. The summed E-state index contributed by atoms with van der Waals surface area (Å²) < 4.78 is 0. The Morgan fingerprint density at radius 2 is 2.12 bits per heavy atom. The van der Waals surface area contributed by atoms with Gasteiger partial charge in [-0.1, -0.05) is 0 Å². The summed E-state index contributed by atoms with van der Waals surface area (Å²) in [5.74, 6) is -1.28. The van der Waals surface area contributed by atoms with Crippen molar-refractivity contribution < 1.29 is 19.5 Å². The molecule has 0 unspecified atom stereocenters. The largest absolute Gasteiger partial charge is 0.477 e. The van der Waals surface area contributed by atoms with Crippen LogP contribution in [0.1, 0.15) is 50.1 Å². The second-order valence-corrected chi connectivity index (χ2v) is 6.22. The second-order valence-electron chi connectivity index (χ2n) is 5.16. The topological polar surface area (TPSA) is 134 Å². The SMILES string of the molecule is C[C@@H](NC(=O)c1ncnc2c1CCC(=O)N2)c1ncc(C(=O)O)s1. The Morgan fingerprint density at radius 3 is 2.83 bits per heavy atom. The molecule has 3 N–H and O–H groups in total. The molecule has 0 fully saturated rings. The fourth-order valence-electron chi connectivity index (χ4n) is 2.30. The Bertz CT molecular complexity index is 834. The fraction of sp³-hybridized carbons (Fsp3) is 0.286. The molecule has 2 amide bonds. The summed E-state index contributed by atoms with van der Waals surface area (Å²) in [5.41, 5.74) is 0.786. The van der Waals surface area contributed by atoms with Crippen LogP contribution in [0, 0.1) is 0 Å². The third-order valence-corrected chi connectivity index (χ3v) is 4.64. The van der Waals surface area contributed by atoms with Gasteiger partial charge in [-0.15, -0.1) is 11.3 Å². The number of hydrogen-bond donors (Lipinski definition) is 3. The molecule has 0 saturated carbocycles. The molecule has 1 atom stereocenters. The zero-order valence-corrected chi connectivity index (χ0v) is 13.4. The number of carboxylic acid groups (broad SMARTS) is 1. The molecule has 124 valence electrons. The number of thiazole rings is 1. The molecular weight excluding hydrogens is 334 g/mol. The van der Waals surface area contributed by atoms with Crippen LogP contribution in [0.5, 0.6) is 0 Å². The molecule has 0 spiro atoms. The molecule has 3 rings (SSSR count). The highest BCUT2D eigenvalue weighted by atomic mass is 32.1. The van der Waals surface area contributed by atoms with E-state index < -0.39 is 17.9 Å². The molecule has 0 bridgehead atoms. The number of carbonyl (C=O) groups excluding carboxylic acids is 2. The number of amides is 2. The van der Waals surface area contributed by atoms with E-state index in [9.17, 15) is 14.4 Å². The molecule has 0 saturated heterocycles. The molecule has 1 aliphatic rings. The minimum Gasteiger partial charge on any atom is -0.477 e. The summed E-state index contributed by atoms with van der Waals surface area (Å²) in [5, 5.41) is 14.8. The molecule has 3 heterocycles. The molecule has 2 aromatic rings. The van der Waals surface area contributed by atoms with Crippen molar-refractivity contribution in [3.8, 4) is 0 Å². The van der Waals surface area contributed by atoms with Gasteiger partial charge in [-0.25, -0.2) is 19.7 Å². The number of nitrogens with one attached hydrogen (secondary N) is 2. The Kier molecular flexibility index (Phi) is 4.21. The Balaban J connectivity index is 1.78. The molecule has 0 aromatic carbocycles. The summed E-state index contributed by atoms with van der Waals surface area (Å²) in [7, 11) is 0. The quantitative estimate of drug-likeness (QED) is 0.751. The summed E-state index contributed by atoms with van der Waals surface area (Å²) in [4.78, 5) is 46.9. The van der Waals surface area contributed by atoms with Crippen LogP contribution in [0.25, 0.3) is 0 Å². The van der Waals surface area contributed by atoms with E-state index in [1.54, 1.807) is 6.92 Å². The van der Waals surface area contributed by atoms with Gasteiger partial charge in [-0.3, -0.25) is 9.59 Å². The van der Waals surface area contributed by atoms with Crippen molar-refractivity contribution in [2.24, 2.45) is 0 Å². The number of carboxylic acids is 1. The minimum atomic E-state index is -1.06. The number of fused-ring (bicyclic) bond motifs is 1. The van der Waals surface area contributed by atoms with Gasteiger partial charge < -0.3 is 15.7 Å². The van der Waals surface area contributed by atoms with Crippen molar-refractivity contribution in [1.29, 1.82) is 0 Å². The number of rotatable bonds is 4. The van der Waals surface area contributed by atoms with Crippen molar-refractivity contribution in [2.45, 2.75) is 25.8 Å². The summed E-state index contributed by atoms with van der Waals surface area (Å²) in [6.45, 7) is 1.71. The summed E-state index contributed by atoms with van der Waals surface area (Å²) in [6.07, 6.45) is 3.13. The second kappa shape index (κ2) is 6.32. The predicted molar refractivity (Wildman–Crippen MR) is 83.9 cm³/mol. The Morgan fingerprint density at radius 1 is 1.33 bits per heavy atom. The van der Waals surface area contributed by atoms with Crippen molar-refractivity contribution >= 4 is 34.9 Å². The summed E-state index contributed by atoms with van der Waals surface area (Å²) >= 11 is 1.00. The highest BCUT2D eigenvalue weighted by Crippen LogP contribution is 2.24. The van der Waals surface area contributed by atoms with Crippen molar-refractivity contribution in [2.75, 3.05) is 5.32 Å². The first-order valence-corrected chi connectivity index (χ1v) is 7.91. The number of carbonyl (C=O) groups is 3. The van der Waals surface area contributed by atoms with E-state index >= 15 is 0 Å². The van der Waals surface area contributed by atoms with E-state index in [0.29, 0.717) is 22.8 Å². The van der Waals surface area contributed by atoms with E-state index in [2.05, 4.69) is 25.6 Å². The van der Waals surface area contributed by atoms with E-state index in [-0.39, 0.29) is 22.9 Å². The van der Waals surface area contributed by atoms with Gasteiger partial charge in [-0.05, 0) is 13.3 Å². The van der Waals surface area contributed by atoms with Crippen LogP contribution >= 0.6 is 11.3 Å². The first-order chi connectivity index (χ1) is 11.5. The average Bonchev–Trinajstić information content (AvgIpc) is 3.04. The van der Waals surface area contributed by atoms with E-state index in [4.69, 9.17) is 5.11 Å². The van der Waals surface area contributed by atoms with Gasteiger partial charge in [-0.2, -0.15) is 0 Å². The van der Waals surface area contributed by atoms with Gasteiger partial charge in [0.15, 0.2) is 0 Å². The zero-order chi connectivity index (χ0) is 17.3. The van der Waals surface area contributed by atoms with E-state index in [0.717, 1.165) is 11.3 Å². The molecule has 9 nitrogen and oxygen atoms in total. The van der Waals surface area contributed by atoms with Crippen LogP contribution in [0.15, 0.2) is 12.5 Å². The van der Waals surface area contributed by atoms with Gasteiger partial charge in [0.05, 0.1) is 12.2 Å². The predicted octanol–water partition coefficient (Wildman–Crippen LogP) is 1.01. The number of hydrogen-bond acceptors (Lipinski definition) is 7. The van der Waals surface area contributed by atoms with E-state index in [1.165, 1.54) is 12.5 Å². The number of nitrogens with zero attached hydrogens (tertiary/aromatic N) is 3. The first kappa shape index (κ1) is 16.0. The molecule has 2 aromatic heterocycles. The molecular formula is C14H13N5O4S. The van der Waals surface area contributed by atoms with Gasteiger partial charge in [0.1, 0.15) is 27.7 Å². The fourth-order valence-corrected chi connectivity index (χ4v) is 3.06. The monoisotopic (exact) mass is 347 g/mol. The number of aromatic nitrogens is 3. The third-order valence-electron chi connectivity index (χ3n) is 3.47. The van der Waals surface area contributed by atoms with Crippen molar-refractivity contribution in [3.05, 3.63) is 33.7 Å². The smallest absolute Gasteiger partial charge is 0.347 e. The van der Waals surface area contributed by atoms with Crippen molar-refractivity contribution in [3.63, 3.8) is 0 Å². The lowest BCUT2D eigenvalue weighted by Crippen LogP contribution is -2.30. The van der Waals surface area contributed by atoms with Gasteiger partial charge in [0.25, 0.3) is 5.91 Å². The zero-order valence-electron chi connectivity index (χ0n) is 12.6. The van der Waals surface area contributed by atoms with Gasteiger partial charge >= 0.3 is 5.97 Å². The van der Waals surface area contributed by atoms with Crippen molar-refractivity contribution in [1.82, 2.24) is 20.3 Å². The lowest BCUT2D eigenvalue weighted by Gasteiger charge is -2.18. The van der Waals surface area contributed by atoms with E-state index in [1.807, 2.05) is 0 Å². The summed E-state index contributed by atoms with van der Waals surface area (Å²) in [6, 6.07) is -0.473. The highest BCUT2D eigenvalue weighted by molar-refractivity contribution is 7.13. The van der Waals surface area contributed by atoms with Crippen LogP contribution in [-0.2, 0) is 11.2 Å². The normalized spacial score (nSPS) is 14.5. The van der Waals surface area contributed by atoms with Crippen LogP contribution in [0.2, 0.25) is 0 Å². The Labute approximate surface area is 140 Å². The van der Waals surface area contributed by atoms with Gasteiger partial charge in [0.2, 0.25) is 5.91 Å². The number of anilines is 1. The minimum absolute atomic E-state index is 0.105. The maximum atomic E-state index is 12.5. The van der Waals surface area contributed by atoms with Gasteiger partial charge in [0, 0.05) is 12.0 Å². The number of aromatic carboxylic acids is 1. The van der Waals surface area contributed by atoms with Crippen LogP contribution in [-0.4, -0.2) is 37.8 Å². The van der Waals surface area contributed by atoms with Crippen LogP contribution < -0.4 is 10.6 Å². The highest BCUT2D eigenvalue weighted by Gasteiger charge is 2.25. The standard InChI is InChI=1S/C14H13N5O4S/c1-6(13-15-4-8(24-13)14(22)23)18-12(21)10-7-2-3-9(20)19-11(7)17-5-16-10/h4-6H,2-3H2,1H3,(H,18,21)(H,22,23)(H,16,17,19,20)/t6-/m1/s1. The molecule has 1 aliphatic heterocycles. The van der Waals surface area contributed by atoms with Crippen LogP contribution in [0.4, 0.5) is 5.82 Å². The Hall–Kier alpha value is -2.88. The van der Waals surface area contributed by atoms with Crippen LogP contribution in [0.3, 0.4) is 0 Å². The lowest BCUT2D eigenvalue weighted by molar-refractivity contribution is -0.116. The lowest BCUT2D eigenvalue weighted by atomic mass is 10.0. The first-order valence-electron chi connectivity index (χ1n) is 7.09. The average molecular weight is 347 g/mol. The molecule has 10 heteroatoms. The molecule has 0 radical (unpaired) electrons. The molecule has 0 aliphatic carbocycles.